The first-order valence-electron chi connectivity index (χ1n) is 12.5. The van der Waals surface area contributed by atoms with Crippen LogP contribution in [0.15, 0.2) is 4.99 Å². The number of carbonyl (C=O) groups is 2. The normalized spacial score (nSPS) is 23.5. The minimum absolute atomic E-state index is 0.0737. The van der Waals surface area contributed by atoms with E-state index in [0.717, 1.165) is 77.3 Å². The predicted octanol–water partition coefficient (Wildman–Crippen LogP) is 4.22. The maximum atomic E-state index is 13.5. The molecule has 0 aromatic heterocycles. The Morgan fingerprint density at radius 3 is 2.10 bits per heavy atom. The van der Waals surface area contributed by atoms with Crippen molar-refractivity contribution in [2.24, 2.45) is 16.6 Å². The van der Waals surface area contributed by atoms with Crippen LogP contribution in [0, 0.1) is 5.92 Å². The Morgan fingerprint density at radius 2 is 1.57 bits per heavy atom. The molecule has 2 amide bonds. The maximum Gasteiger partial charge on any atom is 0.257 e. The lowest BCUT2D eigenvalue weighted by Gasteiger charge is -2.38. The summed E-state index contributed by atoms with van der Waals surface area (Å²) in [5.41, 5.74) is 5.67. The van der Waals surface area contributed by atoms with Gasteiger partial charge in [0.1, 0.15) is 5.54 Å². The molecule has 1 saturated carbocycles. The van der Waals surface area contributed by atoms with Crippen molar-refractivity contribution >= 4 is 17.8 Å². The molecule has 0 spiro atoms. The van der Waals surface area contributed by atoms with Crippen LogP contribution in [0.25, 0.3) is 0 Å². The van der Waals surface area contributed by atoms with Gasteiger partial charge in [-0.2, -0.15) is 0 Å². The number of likely N-dealkylation sites (tertiary alicyclic amines) is 1. The van der Waals surface area contributed by atoms with Crippen molar-refractivity contribution in [1.29, 1.82) is 0 Å². The van der Waals surface area contributed by atoms with Crippen molar-refractivity contribution in [2.45, 2.75) is 115 Å². The van der Waals surface area contributed by atoms with Crippen molar-refractivity contribution in [2.75, 3.05) is 13.1 Å². The molecule has 30 heavy (non-hydrogen) atoms. The summed E-state index contributed by atoms with van der Waals surface area (Å²) in [7, 11) is 0. The van der Waals surface area contributed by atoms with E-state index in [1.54, 1.807) is 4.90 Å². The fraction of sp³-hybridized carbons (Fsp3) is 0.875. The van der Waals surface area contributed by atoms with Crippen LogP contribution in [0.4, 0.5) is 0 Å². The van der Waals surface area contributed by atoms with Gasteiger partial charge in [0.15, 0.2) is 5.96 Å². The standard InChI is InChI=1S/C24H42N4O2/c1-3-5-15-24(16-6-4-2)22(30)28(23(25)26-24)20-13-17-27(18-14-20)21(29)19-11-9-7-8-10-12-19/h19-20H,3-18H2,1-2H3,(H2,25,26). The molecule has 1 saturated heterocycles. The molecule has 2 heterocycles. The summed E-state index contributed by atoms with van der Waals surface area (Å²) in [6.07, 6.45) is 14.3. The van der Waals surface area contributed by atoms with Gasteiger partial charge in [-0.15, -0.1) is 0 Å². The fourth-order valence-electron chi connectivity index (χ4n) is 5.52. The lowest BCUT2D eigenvalue weighted by Crippen LogP contribution is -2.54. The molecule has 3 rings (SSSR count). The summed E-state index contributed by atoms with van der Waals surface area (Å²) >= 11 is 0. The molecule has 0 aromatic rings. The Morgan fingerprint density at radius 1 is 1.00 bits per heavy atom. The maximum absolute atomic E-state index is 13.5. The molecule has 0 atom stereocenters. The van der Waals surface area contributed by atoms with Gasteiger partial charge in [-0.25, -0.2) is 4.99 Å². The number of nitrogens with two attached hydrogens (primary N) is 1. The van der Waals surface area contributed by atoms with Crippen LogP contribution in [0.5, 0.6) is 0 Å². The van der Waals surface area contributed by atoms with E-state index in [0.29, 0.717) is 11.9 Å². The number of hydrogen-bond donors (Lipinski definition) is 1. The highest BCUT2D eigenvalue weighted by atomic mass is 16.2. The van der Waals surface area contributed by atoms with Crippen LogP contribution in [0.3, 0.4) is 0 Å². The van der Waals surface area contributed by atoms with Gasteiger partial charge in [0.2, 0.25) is 5.91 Å². The highest BCUT2D eigenvalue weighted by Crippen LogP contribution is 2.35. The lowest BCUT2D eigenvalue weighted by molar-refractivity contribution is -0.138. The van der Waals surface area contributed by atoms with Crippen LogP contribution in [0.2, 0.25) is 0 Å². The zero-order valence-corrected chi connectivity index (χ0v) is 19.2. The number of rotatable bonds is 8. The molecule has 170 valence electrons. The number of unbranched alkanes of at least 4 members (excludes halogenated alkanes) is 2. The molecule has 6 nitrogen and oxygen atoms in total. The predicted molar refractivity (Wildman–Crippen MR) is 121 cm³/mol. The summed E-state index contributed by atoms with van der Waals surface area (Å²) in [4.78, 5) is 35.1. The number of nitrogens with zero attached hydrogens (tertiary/aromatic N) is 3. The average molecular weight is 419 g/mol. The summed E-state index contributed by atoms with van der Waals surface area (Å²) in [5.74, 6) is 1.06. The van der Waals surface area contributed by atoms with Crippen LogP contribution < -0.4 is 5.73 Å². The second-order valence-electron chi connectivity index (χ2n) is 9.63. The third-order valence-corrected chi connectivity index (χ3v) is 7.43. The zero-order chi connectivity index (χ0) is 21.6. The average Bonchev–Trinajstić information content (AvgIpc) is 2.93. The minimum atomic E-state index is -0.649. The summed E-state index contributed by atoms with van der Waals surface area (Å²) in [6, 6.07) is 0.0737. The van der Waals surface area contributed by atoms with Crippen LogP contribution in [-0.4, -0.2) is 52.2 Å². The third kappa shape index (κ3) is 5.00. The fourth-order valence-corrected chi connectivity index (χ4v) is 5.52. The van der Waals surface area contributed by atoms with Gasteiger partial charge in [0.25, 0.3) is 5.91 Å². The molecule has 0 unspecified atom stereocenters. The summed E-state index contributed by atoms with van der Waals surface area (Å²) in [6.45, 7) is 5.76. The van der Waals surface area contributed by atoms with Gasteiger partial charge < -0.3 is 10.6 Å². The third-order valence-electron chi connectivity index (χ3n) is 7.43. The van der Waals surface area contributed by atoms with E-state index in [-0.39, 0.29) is 17.9 Å². The molecular formula is C24H42N4O2. The van der Waals surface area contributed by atoms with Crippen molar-refractivity contribution < 1.29 is 9.59 Å². The summed E-state index contributed by atoms with van der Waals surface area (Å²) < 4.78 is 0. The van der Waals surface area contributed by atoms with Crippen LogP contribution >= 0.6 is 0 Å². The van der Waals surface area contributed by atoms with Crippen molar-refractivity contribution in [3.63, 3.8) is 0 Å². The minimum Gasteiger partial charge on any atom is -0.369 e. The van der Waals surface area contributed by atoms with Gasteiger partial charge in [-0.1, -0.05) is 65.2 Å². The van der Waals surface area contributed by atoms with E-state index >= 15 is 0 Å². The van der Waals surface area contributed by atoms with Crippen molar-refractivity contribution in [3.05, 3.63) is 0 Å². The Bertz CT molecular complexity index is 609. The van der Waals surface area contributed by atoms with E-state index in [4.69, 9.17) is 10.7 Å². The van der Waals surface area contributed by atoms with Crippen molar-refractivity contribution in [3.8, 4) is 0 Å². The number of carbonyl (C=O) groups excluding carboxylic acids is 2. The van der Waals surface area contributed by atoms with Crippen LogP contribution in [0.1, 0.15) is 104 Å². The molecule has 6 heteroatoms. The number of amides is 2. The number of hydrogen-bond acceptors (Lipinski definition) is 4. The lowest BCUT2D eigenvalue weighted by atomic mass is 9.86. The Kier molecular flexibility index (Phi) is 8.18. The molecule has 0 aromatic carbocycles. The van der Waals surface area contributed by atoms with Crippen molar-refractivity contribution in [1.82, 2.24) is 9.80 Å². The second kappa shape index (κ2) is 10.6. The van der Waals surface area contributed by atoms with Gasteiger partial charge in [-0.3, -0.25) is 14.5 Å². The highest BCUT2D eigenvalue weighted by Gasteiger charge is 2.49. The molecule has 3 aliphatic rings. The molecular weight excluding hydrogens is 376 g/mol. The molecule has 1 aliphatic carbocycles. The van der Waals surface area contributed by atoms with Crippen LogP contribution in [-0.2, 0) is 9.59 Å². The van der Waals surface area contributed by atoms with Gasteiger partial charge in [0.05, 0.1) is 0 Å². The largest absolute Gasteiger partial charge is 0.369 e. The first kappa shape index (κ1) is 23.1. The number of guanidine groups is 1. The SMILES string of the molecule is CCCCC1(CCCC)N=C(N)N(C2CCN(C(=O)C3CCCCCC3)CC2)C1=O. The Balaban J connectivity index is 1.61. The van der Waals surface area contributed by atoms with E-state index in [1.165, 1.54) is 25.7 Å². The molecule has 0 bridgehead atoms. The quantitative estimate of drug-likeness (QED) is 0.599. The van der Waals surface area contributed by atoms with E-state index < -0.39 is 5.54 Å². The van der Waals surface area contributed by atoms with E-state index in [1.807, 2.05) is 4.90 Å². The molecule has 2 N–H and O–H groups in total. The molecule has 2 aliphatic heterocycles. The first-order chi connectivity index (χ1) is 14.5. The highest BCUT2D eigenvalue weighted by molar-refractivity contribution is 6.07. The Labute approximate surface area is 182 Å². The summed E-state index contributed by atoms with van der Waals surface area (Å²) in [5, 5.41) is 0. The van der Waals surface area contributed by atoms with E-state index in [9.17, 15) is 9.59 Å². The van der Waals surface area contributed by atoms with Gasteiger partial charge in [0, 0.05) is 25.0 Å². The van der Waals surface area contributed by atoms with E-state index in [2.05, 4.69) is 13.8 Å². The second-order valence-corrected chi connectivity index (χ2v) is 9.63. The van der Waals surface area contributed by atoms with Gasteiger partial charge in [-0.05, 0) is 38.5 Å². The zero-order valence-electron chi connectivity index (χ0n) is 19.2. The molecule has 2 fully saturated rings. The Hall–Kier alpha value is -1.59. The van der Waals surface area contributed by atoms with Gasteiger partial charge >= 0.3 is 0 Å². The monoisotopic (exact) mass is 418 g/mol. The first-order valence-corrected chi connectivity index (χ1v) is 12.5. The smallest absolute Gasteiger partial charge is 0.257 e. The number of aliphatic imine (C=N–C) groups is 1. The number of piperidine rings is 1. The topological polar surface area (TPSA) is 79.0 Å². The molecule has 0 radical (unpaired) electrons.